The normalized spacial score (nSPS) is 18.9. The van der Waals surface area contributed by atoms with Crippen LogP contribution >= 0.6 is 0 Å². The average molecular weight is 310 g/mol. The molecule has 1 aliphatic rings. The Morgan fingerprint density at radius 1 is 1.41 bits per heavy atom. The molecule has 122 valence electrons. The van der Waals surface area contributed by atoms with E-state index < -0.39 is 12.0 Å². The van der Waals surface area contributed by atoms with Gasteiger partial charge in [0.25, 0.3) is 5.91 Å². The van der Waals surface area contributed by atoms with Gasteiger partial charge in [-0.2, -0.15) is 0 Å². The molecule has 0 aliphatic heterocycles. The van der Waals surface area contributed by atoms with E-state index in [-0.39, 0.29) is 18.4 Å². The molecule has 0 saturated heterocycles. The standard InChI is InChI=1S/C17H24F2N2O/c1-10(2)5-6-11(3)21(4)17(22)16-9-13-14(19)7-12(18)8-15(13)20-16/h8-11,14,20H,5-7H2,1-4H3. The van der Waals surface area contributed by atoms with Gasteiger partial charge in [0.15, 0.2) is 0 Å². The first kappa shape index (κ1) is 16.7. The highest BCUT2D eigenvalue weighted by Gasteiger charge is 2.26. The monoisotopic (exact) mass is 310 g/mol. The second-order valence-corrected chi connectivity index (χ2v) is 6.55. The molecule has 0 radical (unpaired) electrons. The number of aromatic nitrogens is 1. The molecular weight excluding hydrogens is 286 g/mol. The third kappa shape index (κ3) is 3.57. The zero-order valence-electron chi connectivity index (χ0n) is 13.6. The van der Waals surface area contributed by atoms with Crippen molar-refractivity contribution >= 4 is 12.0 Å². The second-order valence-electron chi connectivity index (χ2n) is 6.55. The lowest BCUT2D eigenvalue weighted by Gasteiger charge is -2.25. The summed E-state index contributed by atoms with van der Waals surface area (Å²) < 4.78 is 27.1. The van der Waals surface area contributed by atoms with Crippen molar-refractivity contribution in [3.05, 3.63) is 28.8 Å². The Hall–Kier alpha value is -1.65. The van der Waals surface area contributed by atoms with Crippen LogP contribution in [0.5, 0.6) is 0 Å². The number of allylic oxidation sites excluding steroid dienone is 1. The van der Waals surface area contributed by atoms with Gasteiger partial charge in [0.1, 0.15) is 17.7 Å². The smallest absolute Gasteiger partial charge is 0.270 e. The first-order chi connectivity index (χ1) is 10.3. The Morgan fingerprint density at radius 3 is 2.73 bits per heavy atom. The van der Waals surface area contributed by atoms with Crippen LogP contribution in [0.15, 0.2) is 11.9 Å². The van der Waals surface area contributed by atoms with Crippen LogP contribution in [0, 0.1) is 5.92 Å². The molecule has 0 aromatic carbocycles. The maximum Gasteiger partial charge on any atom is 0.270 e. The number of amides is 1. The molecule has 1 heterocycles. The summed E-state index contributed by atoms with van der Waals surface area (Å²) >= 11 is 0. The zero-order valence-corrected chi connectivity index (χ0v) is 13.6. The van der Waals surface area contributed by atoms with Crippen molar-refractivity contribution in [3.8, 4) is 0 Å². The largest absolute Gasteiger partial charge is 0.351 e. The van der Waals surface area contributed by atoms with Gasteiger partial charge in [-0.3, -0.25) is 4.79 Å². The molecule has 0 fully saturated rings. The van der Waals surface area contributed by atoms with E-state index in [9.17, 15) is 13.6 Å². The van der Waals surface area contributed by atoms with Crippen molar-refractivity contribution in [2.75, 3.05) is 7.05 Å². The average Bonchev–Trinajstić information content (AvgIpc) is 2.87. The van der Waals surface area contributed by atoms with Gasteiger partial charge in [0.05, 0.1) is 0 Å². The molecule has 0 spiro atoms. The number of hydrogen-bond donors (Lipinski definition) is 1. The number of hydrogen-bond acceptors (Lipinski definition) is 1. The van der Waals surface area contributed by atoms with E-state index in [1.54, 1.807) is 11.9 Å². The molecule has 1 aliphatic carbocycles. The van der Waals surface area contributed by atoms with Crippen LogP contribution < -0.4 is 0 Å². The van der Waals surface area contributed by atoms with Crippen molar-refractivity contribution in [1.82, 2.24) is 9.88 Å². The van der Waals surface area contributed by atoms with Crippen molar-refractivity contribution in [2.24, 2.45) is 5.92 Å². The van der Waals surface area contributed by atoms with Crippen LogP contribution in [-0.2, 0) is 0 Å². The molecular formula is C17H24F2N2O. The molecule has 22 heavy (non-hydrogen) atoms. The molecule has 0 bridgehead atoms. The van der Waals surface area contributed by atoms with Crippen molar-refractivity contribution < 1.29 is 13.6 Å². The SMILES string of the molecule is CC(C)CCC(C)N(C)C(=O)c1cc2c([nH]1)C=C(F)CC2F. The molecule has 2 atom stereocenters. The first-order valence-electron chi connectivity index (χ1n) is 7.79. The molecule has 1 aromatic rings. The van der Waals surface area contributed by atoms with Crippen molar-refractivity contribution in [1.29, 1.82) is 0 Å². The van der Waals surface area contributed by atoms with Gasteiger partial charge in [-0.15, -0.1) is 0 Å². The van der Waals surface area contributed by atoms with Gasteiger partial charge in [-0.05, 0) is 37.8 Å². The highest BCUT2D eigenvalue weighted by Crippen LogP contribution is 2.35. The Bertz CT molecular complexity index is 577. The minimum absolute atomic E-state index is 0.101. The van der Waals surface area contributed by atoms with E-state index in [0.29, 0.717) is 22.9 Å². The van der Waals surface area contributed by atoms with E-state index in [0.717, 1.165) is 12.8 Å². The molecule has 1 amide bonds. The summed E-state index contributed by atoms with van der Waals surface area (Å²) in [6.07, 6.45) is 1.59. The number of nitrogens with one attached hydrogen (secondary N) is 1. The predicted molar refractivity (Wildman–Crippen MR) is 84.0 cm³/mol. The molecule has 0 saturated carbocycles. The third-order valence-corrected chi connectivity index (χ3v) is 4.27. The predicted octanol–water partition coefficient (Wildman–Crippen LogP) is 4.64. The van der Waals surface area contributed by atoms with Crippen molar-refractivity contribution in [2.45, 2.75) is 52.2 Å². The lowest BCUT2D eigenvalue weighted by Crippen LogP contribution is -2.35. The van der Waals surface area contributed by atoms with Crippen LogP contribution in [-0.4, -0.2) is 28.9 Å². The van der Waals surface area contributed by atoms with Gasteiger partial charge in [0, 0.05) is 30.8 Å². The van der Waals surface area contributed by atoms with Gasteiger partial charge in [-0.1, -0.05) is 13.8 Å². The van der Waals surface area contributed by atoms with Crippen LogP contribution in [0.4, 0.5) is 8.78 Å². The quantitative estimate of drug-likeness (QED) is 0.845. The fourth-order valence-electron chi connectivity index (χ4n) is 2.64. The number of carbonyl (C=O) groups excluding carboxylic acids is 1. The number of aromatic amines is 1. The van der Waals surface area contributed by atoms with Crippen molar-refractivity contribution in [3.63, 3.8) is 0 Å². The van der Waals surface area contributed by atoms with Crippen LogP contribution in [0.2, 0.25) is 0 Å². The van der Waals surface area contributed by atoms with E-state index >= 15 is 0 Å². The number of nitrogens with zero attached hydrogens (tertiary/aromatic N) is 1. The summed E-state index contributed by atoms with van der Waals surface area (Å²) in [7, 11) is 1.75. The fourth-order valence-corrected chi connectivity index (χ4v) is 2.64. The highest BCUT2D eigenvalue weighted by atomic mass is 19.1. The third-order valence-electron chi connectivity index (χ3n) is 4.27. The van der Waals surface area contributed by atoms with E-state index in [1.165, 1.54) is 12.1 Å². The number of alkyl halides is 1. The Morgan fingerprint density at radius 2 is 2.09 bits per heavy atom. The molecule has 1 N–H and O–H groups in total. The lowest BCUT2D eigenvalue weighted by atomic mass is 10.0. The molecule has 3 nitrogen and oxygen atoms in total. The fraction of sp³-hybridized carbons (Fsp3) is 0.588. The van der Waals surface area contributed by atoms with Crippen LogP contribution in [0.25, 0.3) is 6.08 Å². The summed E-state index contributed by atoms with van der Waals surface area (Å²) in [6.45, 7) is 6.30. The molecule has 5 heteroatoms. The highest BCUT2D eigenvalue weighted by molar-refractivity contribution is 5.93. The number of fused-ring (bicyclic) bond motifs is 1. The maximum absolute atomic E-state index is 13.8. The number of rotatable bonds is 5. The van der Waals surface area contributed by atoms with E-state index in [2.05, 4.69) is 18.8 Å². The van der Waals surface area contributed by atoms with Gasteiger partial charge in [0.2, 0.25) is 0 Å². The lowest BCUT2D eigenvalue weighted by molar-refractivity contribution is 0.0727. The summed E-state index contributed by atoms with van der Waals surface area (Å²) in [4.78, 5) is 17.0. The second kappa shape index (κ2) is 6.63. The van der Waals surface area contributed by atoms with Gasteiger partial charge in [-0.25, -0.2) is 8.78 Å². The molecule has 2 unspecified atom stereocenters. The summed E-state index contributed by atoms with van der Waals surface area (Å²) in [5.74, 6) is -0.102. The van der Waals surface area contributed by atoms with E-state index in [1.807, 2.05) is 6.92 Å². The van der Waals surface area contributed by atoms with E-state index in [4.69, 9.17) is 0 Å². The van der Waals surface area contributed by atoms with Gasteiger partial charge < -0.3 is 9.88 Å². The zero-order chi connectivity index (χ0) is 16.4. The molecule has 1 aromatic heterocycles. The number of H-pyrrole nitrogens is 1. The van der Waals surface area contributed by atoms with Gasteiger partial charge >= 0.3 is 0 Å². The Labute approximate surface area is 130 Å². The number of halogens is 2. The summed E-state index contributed by atoms with van der Waals surface area (Å²) in [5, 5.41) is 0. The Balaban J connectivity index is 2.12. The summed E-state index contributed by atoms with van der Waals surface area (Å²) in [6, 6.07) is 1.61. The maximum atomic E-state index is 13.8. The van der Waals surface area contributed by atoms with Crippen LogP contribution in [0.1, 0.15) is 68.0 Å². The minimum Gasteiger partial charge on any atom is -0.351 e. The summed E-state index contributed by atoms with van der Waals surface area (Å²) in [5.41, 5.74) is 1.05. The first-order valence-corrected chi connectivity index (χ1v) is 7.79. The Kier molecular flexibility index (Phi) is 5.04. The molecule has 2 rings (SSSR count). The van der Waals surface area contributed by atoms with Crippen LogP contribution in [0.3, 0.4) is 0 Å². The topological polar surface area (TPSA) is 36.1 Å². The number of carbonyl (C=O) groups is 1. The minimum atomic E-state index is -1.39.